The number of carboxylic acid groups (broad SMARTS) is 1. The number of aromatic nitrogens is 1. The van der Waals surface area contributed by atoms with Crippen molar-refractivity contribution in [3.63, 3.8) is 0 Å². The Balaban J connectivity index is 1.80. The molecule has 0 saturated carbocycles. The monoisotopic (exact) mass is 420 g/mol. The molecule has 0 aliphatic rings. The molecule has 0 atom stereocenters. The van der Waals surface area contributed by atoms with E-state index in [1.807, 2.05) is 35.8 Å². The van der Waals surface area contributed by atoms with Gasteiger partial charge in [0.1, 0.15) is 0 Å². The van der Waals surface area contributed by atoms with E-state index in [1.165, 1.54) is 24.3 Å². The molecule has 0 radical (unpaired) electrons. The second kappa shape index (κ2) is 8.34. The van der Waals surface area contributed by atoms with Crippen LogP contribution in [0.5, 0.6) is 0 Å². The molecule has 2 aromatic carbocycles. The fourth-order valence-electron chi connectivity index (χ4n) is 3.32. The van der Waals surface area contributed by atoms with Crippen molar-refractivity contribution in [3.8, 4) is 0 Å². The Labute approximate surface area is 168 Å². The Bertz CT molecular complexity index is 1110. The molecule has 3 rings (SSSR count). The summed E-state index contributed by atoms with van der Waals surface area (Å²) in [5, 5.41) is 10.5. The number of aryl methyl sites for hydroxylation is 1. The summed E-state index contributed by atoms with van der Waals surface area (Å²) in [5.41, 5.74) is 2.92. The predicted octanol–water partition coefficient (Wildman–Crippen LogP) is 3.60. The summed E-state index contributed by atoms with van der Waals surface area (Å²) in [6.07, 6.45) is 0.529. The van der Waals surface area contributed by atoms with Crippen molar-refractivity contribution < 1.29 is 18.3 Å². The van der Waals surface area contributed by atoms with Gasteiger partial charge in [-0.15, -0.1) is 0 Å². The molecule has 0 spiro atoms. The highest BCUT2D eigenvalue weighted by molar-refractivity contribution is 7.89. The molecule has 0 saturated heterocycles. The van der Waals surface area contributed by atoms with Gasteiger partial charge in [0.25, 0.3) is 0 Å². The average Bonchev–Trinajstić information content (AvgIpc) is 2.92. The van der Waals surface area contributed by atoms with Gasteiger partial charge < -0.3 is 9.67 Å². The lowest BCUT2D eigenvalue weighted by atomic mass is 10.1. The number of sulfonamides is 1. The van der Waals surface area contributed by atoms with E-state index >= 15 is 0 Å². The van der Waals surface area contributed by atoms with E-state index in [1.54, 1.807) is 0 Å². The first kappa shape index (κ1) is 20.4. The number of rotatable bonds is 8. The number of benzene rings is 2. The molecule has 0 bridgehead atoms. The van der Waals surface area contributed by atoms with Crippen LogP contribution < -0.4 is 4.72 Å². The van der Waals surface area contributed by atoms with Crippen LogP contribution in [-0.2, 0) is 27.8 Å². The van der Waals surface area contributed by atoms with Crippen LogP contribution in [0.3, 0.4) is 0 Å². The number of hydrogen-bond acceptors (Lipinski definition) is 3. The number of fused-ring (bicyclic) bond motifs is 1. The van der Waals surface area contributed by atoms with E-state index in [0.717, 1.165) is 22.2 Å². The number of carboxylic acids is 1. The molecule has 0 aliphatic heterocycles. The van der Waals surface area contributed by atoms with Gasteiger partial charge in [0.05, 0.1) is 11.3 Å². The second-order valence-electron chi connectivity index (χ2n) is 6.48. The van der Waals surface area contributed by atoms with Gasteiger partial charge in [0, 0.05) is 34.7 Å². The summed E-state index contributed by atoms with van der Waals surface area (Å²) in [5.74, 6) is -0.852. The largest absolute Gasteiger partial charge is 0.481 e. The van der Waals surface area contributed by atoms with Crippen LogP contribution in [0.4, 0.5) is 0 Å². The van der Waals surface area contributed by atoms with Gasteiger partial charge in [-0.3, -0.25) is 4.79 Å². The molecule has 0 unspecified atom stereocenters. The van der Waals surface area contributed by atoms with Crippen molar-refractivity contribution in [2.45, 2.75) is 31.2 Å². The van der Waals surface area contributed by atoms with Crippen LogP contribution in [0.1, 0.15) is 17.7 Å². The maximum absolute atomic E-state index is 12.4. The molecule has 2 N–H and O–H groups in total. The van der Waals surface area contributed by atoms with Gasteiger partial charge in [-0.2, -0.15) is 0 Å². The Morgan fingerprint density at radius 2 is 1.82 bits per heavy atom. The van der Waals surface area contributed by atoms with Crippen molar-refractivity contribution in [2.75, 3.05) is 6.54 Å². The van der Waals surface area contributed by atoms with E-state index in [0.29, 0.717) is 18.0 Å². The Morgan fingerprint density at radius 3 is 2.50 bits per heavy atom. The van der Waals surface area contributed by atoms with Crippen LogP contribution in [0.25, 0.3) is 10.9 Å². The van der Waals surface area contributed by atoms with Crippen LogP contribution in [0.2, 0.25) is 5.02 Å². The number of nitrogens with one attached hydrogen (secondary N) is 1. The number of para-hydroxylation sites is 1. The lowest BCUT2D eigenvalue weighted by Crippen LogP contribution is -2.26. The van der Waals surface area contributed by atoms with Crippen LogP contribution in [-0.4, -0.2) is 30.6 Å². The molecule has 0 fully saturated rings. The van der Waals surface area contributed by atoms with Crippen LogP contribution in [0.15, 0.2) is 53.4 Å². The minimum absolute atomic E-state index is 0.0299. The van der Waals surface area contributed by atoms with E-state index in [9.17, 15) is 13.2 Å². The summed E-state index contributed by atoms with van der Waals surface area (Å²) in [7, 11) is -3.62. The zero-order valence-corrected chi connectivity index (χ0v) is 16.9. The molecule has 1 heterocycles. The van der Waals surface area contributed by atoms with Crippen LogP contribution in [0, 0.1) is 6.92 Å². The van der Waals surface area contributed by atoms with Crippen molar-refractivity contribution >= 4 is 38.5 Å². The number of hydrogen-bond donors (Lipinski definition) is 2. The number of aliphatic carboxylic acids is 1. The van der Waals surface area contributed by atoms with Gasteiger partial charge in [0.15, 0.2) is 0 Å². The summed E-state index contributed by atoms with van der Waals surface area (Å²) in [4.78, 5) is 11.1. The predicted molar refractivity (Wildman–Crippen MR) is 109 cm³/mol. The first-order valence-corrected chi connectivity index (χ1v) is 10.7. The lowest BCUT2D eigenvalue weighted by molar-refractivity contribution is -0.137. The summed E-state index contributed by atoms with van der Waals surface area (Å²) >= 11 is 5.81. The molecule has 148 valence electrons. The summed E-state index contributed by atoms with van der Waals surface area (Å²) in [6, 6.07) is 13.8. The minimum Gasteiger partial charge on any atom is -0.481 e. The highest BCUT2D eigenvalue weighted by atomic mass is 35.5. The maximum Gasteiger partial charge on any atom is 0.305 e. The fraction of sp³-hybridized carbons (Fsp3) is 0.250. The average molecular weight is 421 g/mol. The molecular formula is C20H21ClN2O4S. The molecule has 3 aromatic rings. The molecule has 0 amide bonds. The van der Waals surface area contributed by atoms with E-state index in [-0.39, 0.29) is 17.9 Å². The third kappa shape index (κ3) is 4.38. The Hall–Kier alpha value is -2.35. The smallest absolute Gasteiger partial charge is 0.305 e. The van der Waals surface area contributed by atoms with Gasteiger partial charge in [-0.1, -0.05) is 29.8 Å². The zero-order valence-electron chi connectivity index (χ0n) is 15.4. The molecule has 8 heteroatoms. The summed E-state index contributed by atoms with van der Waals surface area (Å²) < 4.78 is 29.5. The van der Waals surface area contributed by atoms with Gasteiger partial charge >= 0.3 is 5.97 Å². The van der Waals surface area contributed by atoms with Gasteiger partial charge in [0.2, 0.25) is 10.0 Å². The zero-order chi connectivity index (χ0) is 20.3. The van der Waals surface area contributed by atoms with E-state index in [2.05, 4.69) is 4.72 Å². The maximum atomic E-state index is 12.4. The first-order chi connectivity index (χ1) is 13.3. The molecule has 6 nitrogen and oxygen atoms in total. The normalized spacial score (nSPS) is 11.8. The summed E-state index contributed by atoms with van der Waals surface area (Å²) in [6.45, 7) is 2.54. The highest BCUT2D eigenvalue weighted by Crippen LogP contribution is 2.26. The third-order valence-electron chi connectivity index (χ3n) is 4.70. The van der Waals surface area contributed by atoms with Crippen molar-refractivity contribution in [1.82, 2.24) is 9.29 Å². The molecule has 1 aromatic heterocycles. The number of halogens is 1. The van der Waals surface area contributed by atoms with Crippen molar-refractivity contribution in [1.29, 1.82) is 0 Å². The fourth-order valence-corrected chi connectivity index (χ4v) is 4.48. The quantitative estimate of drug-likeness (QED) is 0.582. The van der Waals surface area contributed by atoms with Gasteiger partial charge in [-0.05, 0) is 49.2 Å². The Morgan fingerprint density at radius 1 is 1.14 bits per heavy atom. The molecule has 28 heavy (non-hydrogen) atoms. The van der Waals surface area contributed by atoms with Gasteiger partial charge in [-0.25, -0.2) is 13.1 Å². The highest BCUT2D eigenvalue weighted by Gasteiger charge is 2.17. The lowest BCUT2D eigenvalue weighted by Gasteiger charge is -2.09. The van der Waals surface area contributed by atoms with E-state index in [4.69, 9.17) is 16.7 Å². The molecule has 0 aliphatic carbocycles. The van der Waals surface area contributed by atoms with Crippen molar-refractivity contribution in [3.05, 3.63) is 64.8 Å². The topological polar surface area (TPSA) is 88.4 Å². The number of nitrogens with zero attached hydrogens (tertiary/aromatic N) is 1. The second-order valence-corrected chi connectivity index (χ2v) is 8.68. The standard InChI is InChI=1S/C20H21ClN2O4S/c1-14-17(10-12-22-28(26,27)16-8-6-15(21)7-9-16)18-4-2-3-5-19(18)23(14)13-11-20(24)25/h2-9,22H,10-13H2,1H3,(H,24,25). The third-order valence-corrected chi connectivity index (χ3v) is 6.43. The SMILES string of the molecule is Cc1c(CCNS(=O)(=O)c2ccc(Cl)cc2)c2ccccc2n1CCC(=O)O. The van der Waals surface area contributed by atoms with Crippen LogP contribution >= 0.6 is 11.6 Å². The number of carbonyl (C=O) groups is 1. The van der Waals surface area contributed by atoms with E-state index < -0.39 is 16.0 Å². The minimum atomic E-state index is -3.62. The molecular weight excluding hydrogens is 400 g/mol. The first-order valence-electron chi connectivity index (χ1n) is 8.83. The Kier molecular flexibility index (Phi) is 6.07. The van der Waals surface area contributed by atoms with Crippen molar-refractivity contribution in [2.24, 2.45) is 0 Å².